The van der Waals surface area contributed by atoms with Gasteiger partial charge < -0.3 is 0 Å². The molecule has 1 unspecified atom stereocenters. The van der Waals surface area contributed by atoms with Gasteiger partial charge in [0.1, 0.15) is 5.69 Å². The first kappa shape index (κ1) is 17.6. The Labute approximate surface area is 142 Å². The van der Waals surface area contributed by atoms with Gasteiger partial charge in [-0.2, -0.15) is 17.5 Å². The molecule has 0 radical (unpaired) electrons. The minimum atomic E-state index is -4.39. The van der Waals surface area contributed by atoms with Gasteiger partial charge in [-0.3, -0.25) is 0 Å². The summed E-state index contributed by atoms with van der Waals surface area (Å²) in [5, 5.41) is 2.71. The molecule has 0 saturated carbocycles. The number of sulfonamides is 1. The Morgan fingerprint density at radius 3 is 2.16 bits per heavy atom. The van der Waals surface area contributed by atoms with E-state index in [4.69, 9.17) is 0 Å². The van der Waals surface area contributed by atoms with E-state index in [0.717, 1.165) is 12.1 Å². The van der Waals surface area contributed by atoms with Crippen molar-refractivity contribution in [2.45, 2.75) is 23.5 Å². The molecule has 0 spiro atoms. The molecule has 1 fully saturated rings. The summed E-state index contributed by atoms with van der Waals surface area (Å²) in [5.74, 6) is 0. The third-order valence-electron chi connectivity index (χ3n) is 3.97. The molecular formula is C16H13F3N2O3S. The molecule has 3 rings (SSSR count). The lowest BCUT2D eigenvalue weighted by molar-refractivity contribution is -0.137. The lowest BCUT2D eigenvalue weighted by atomic mass is 10.1. The van der Waals surface area contributed by atoms with Crippen molar-refractivity contribution >= 4 is 15.7 Å². The highest BCUT2D eigenvalue weighted by Crippen LogP contribution is 2.33. The largest absolute Gasteiger partial charge is 0.416 e. The predicted molar refractivity (Wildman–Crippen MR) is 84.7 cm³/mol. The van der Waals surface area contributed by atoms with Crippen LogP contribution in [-0.4, -0.2) is 25.3 Å². The summed E-state index contributed by atoms with van der Waals surface area (Å²) >= 11 is 0. The van der Waals surface area contributed by atoms with Gasteiger partial charge in [-0.05, 0) is 53.6 Å². The van der Waals surface area contributed by atoms with Crippen LogP contribution in [0.5, 0.6) is 0 Å². The highest BCUT2D eigenvalue weighted by atomic mass is 32.2. The quantitative estimate of drug-likeness (QED) is 0.595. The molecule has 2 atom stereocenters. The van der Waals surface area contributed by atoms with E-state index in [1.807, 2.05) is 0 Å². The van der Waals surface area contributed by atoms with Gasteiger partial charge in [0.15, 0.2) is 0 Å². The zero-order chi connectivity index (χ0) is 18.2. The molecule has 0 N–H and O–H groups in total. The van der Waals surface area contributed by atoms with E-state index in [-0.39, 0.29) is 16.6 Å². The number of benzene rings is 2. The molecule has 1 aliphatic heterocycles. The van der Waals surface area contributed by atoms with E-state index >= 15 is 0 Å². The number of nitroso groups, excluding NO2 is 1. The monoisotopic (exact) mass is 370 g/mol. The second-order valence-electron chi connectivity index (χ2n) is 5.71. The maximum absolute atomic E-state index is 12.5. The number of rotatable bonds is 5. The molecule has 5 nitrogen and oxygen atoms in total. The SMILES string of the molecule is O=Nc1ccc(S(=O)(=O)N2C[C@@H]2Cc2ccc(C(F)(F)F)cc2)cc1. The first-order chi connectivity index (χ1) is 11.7. The minimum absolute atomic E-state index is 0.0508. The molecule has 2 aromatic rings. The second kappa shape index (κ2) is 6.23. The molecule has 0 aliphatic carbocycles. The minimum Gasteiger partial charge on any atom is -0.207 e. The summed E-state index contributed by atoms with van der Waals surface area (Å²) in [7, 11) is -3.68. The van der Waals surface area contributed by atoms with Gasteiger partial charge in [-0.15, -0.1) is 4.91 Å². The van der Waals surface area contributed by atoms with Crippen LogP contribution in [-0.2, 0) is 22.6 Å². The highest BCUT2D eigenvalue weighted by Gasteiger charge is 2.44. The van der Waals surface area contributed by atoms with E-state index in [2.05, 4.69) is 5.18 Å². The third kappa shape index (κ3) is 3.72. The molecule has 0 bridgehead atoms. The summed E-state index contributed by atoms with van der Waals surface area (Å²) in [4.78, 5) is 10.4. The van der Waals surface area contributed by atoms with Crippen LogP contribution < -0.4 is 0 Å². The van der Waals surface area contributed by atoms with E-state index in [1.54, 1.807) is 0 Å². The normalized spacial score (nSPS) is 20.3. The summed E-state index contributed by atoms with van der Waals surface area (Å²) in [6, 6.07) is 9.64. The van der Waals surface area contributed by atoms with E-state index < -0.39 is 21.8 Å². The standard InChI is InChI=1S/C16H13F3N2O3S/c17-16(18,19)12-3-1-11(2-4-12)9-14-10-21(14)25(23,24)15-7-5-13(20-22)6-8-15/h1-8,14H,9-10H2/t14-,21?/m0/s1. The zero-order valence-corrected chi connectivity index (χ0v) is 13.6. The van der Waals surface area contributed by atoms with E-state index in [9.17, 15) is 26.5 Å². The Kier molecular flexibility index (Phi) is 4.38. The van der Waals surface area contributed by atoms with Crippen LogP contribution in [0.15, 0.2) is 58.6 Å². The fourth-order valence-electron chi connectivity index (χ4n) is 2.54. The maximum Gasteiger partial charge on any atom is 0.416 e. The van der Waals surface area contributed by atoms with Crippen molar-refractivity contribution in [3.05, 3.63) is 64.6 Å². The summed E-state index contributed by atoms with van der Waals surface area (Å²) in [6.45, 7) is 0.303. The topological polar surface area (TPSA) is 66.6 Å². The molecule has 0 aromatic heterocycles. The van der Waals surface area contributed by atoms with Crippen molar-refractivity contribution in [3.63, 3.8) is 0 Å². The van der Waals surface area contributed by atoms with Gasteiger partial charge in [0.05, 0.1) is 10.5 Å². The first-order valence-electron chi connectivity index (χ1n) is 7.33. The molecule has 2 aromatic carbocycles. The second-order valence-corrected chi connectivity index (χ2v) is 7.60. The number of hydrogen-bond acceptors (Lipinski definition) is 4. The molecule has 1 saturated heterocycles. The smallest absolute Gasteiger partial charge is 0.207 e. The number of hydrogen-bond donors (Lipinski definition) is 0. The summed E-state index contributed by atoms with van der Waals surface area (Å²) < 4.78 is 63.8. The van der Waals surface area contributed by atoms with Gasteiger partial charge in [-0.25, -0.2) is 8.42 Å². The van der Waals surface area contributed by atoms with Gasteiger partial charge >= 0.3 is 6.18 Å². The van der Waals surface area contributed by atoms with Gasteiger partial charge in [-0.1, -0.05) is 12.1 Å². The highest BCUT2D eigenvalue weighted by molar-refractivity contribution is 7.89. The van der Waals surface area contributed by atoms with Crippen LogP contribution in [0.2, 0.25) is 0 Å². The van der Waals surface area contributed by atoms with Crippen LogP contribution in [0.3, 0.4) is 0 Å². The van der Waals surface area contributed by atoms with Crippen molar-refractivity contribution in [1.29, 1.82) is 0 Å². The summed E-state index contributed by atoms with van der Waals surface area (Å²) in [5.41, 5.74) is 0.0302. The first-order valence-corrected chi connectivity index (χ1v) is 8.77. The van der Waals surface area contributed by atoms with Crippen LogP contribution in [0, 0.1) is 4.91 Å². The van der Waals surface area contributed by atoms with Crippen molar-refractivity contribution < 1.29 is 21.6 Å². The number of halogens is 3. The Balaban J connectivity index is 1.68. The van der Waals surface area contributed by atoms with Gasteiger partial charge in [0.25, 0.3) is 0 Å². The number of nitrogens with zero attached hydrogens (tertiary/aromatic N) is 2. The van der Waals surface area contributed by atoms with Crippen LogP contribution >= 0.6 is 0 Å². The molecule has 132 valence electrons. The lowest BCUT2D eigenvalue weighted by Gasteiger charge is -2.08. The lowest BCUT2D eigenvalue weighted by Crippen LogP contribution is -2.15. The molecular weight excluding hydrogens is 357 g/mol. The average molecular weight is 370 g/mol. The zero-order valence-electron chi connectivity index (χ0n) is 12.8. The van der Waals surface area contributed by atoms with Crippen molar-refractivity contribution in [3.8, 4) is 0 Å². The Morgan fingerprint density at radius 1 is 1.04 bits per heavy atom. The van der Waals surface area contributed by atoms with Gasteiger partial charge in [0, 0.05) is 12.6 Å². The molecule has 25 heavy (non-hydrogen) atoms. The third-order valence-corrected chi connectivity index (χ3v) is 5.90. The fraction of sp³-hybridized carbons (Fsp3) is 0.250. The van der Waals surface area contributed by atoms with Gasteiger partial charge in [0.2, 0.25) is 10.0 Å². The van der Waals surface area contributed by atoms with E-state index in [0.29, 0.717) is 18.5 Å². The molecule has 1 aliphatic rings. The Hall–Kier alpha value is -2.26. The van der Waals surface area contributed by atoms with Crippen molar-refractivity contribution in [2.75, 3.05) is 6.54 Å². The van der Waals surface area contributed by atoms with Crippen LogP contribution in [0.1, 0.15) is 11.1 Å². The number of alkyl halides is 3. The fourth-order valence-corrected chi connectivity index (χ4v) is 4.12. The summed E-state index contributed by atoms with van der Waals surface area (Å²) in [6.07, 6.45) is -4.05. The predicted octanol–water partition coefficient (Wildman–Crippen LogP) is 3.72. The van der Waals surface area contributed by atoms with Crippen LogP contribution in [0.25, 0.3) is 0 Å². The molecule has 0 amide bonds. The van der Waals surface area contributed by atoms with Crippen molar-refractivity contribution in [2.24, 2.45) is 5.18 Å². The Morgan fingerprint density at radius 2 is 1.64 bits per heavy atom. The van der Waals surface area contributed by atoms with E-state index in [1.165, 1.54) is 40.7 Å². The molecule has 1 heterocycles. The Bertz CT molecular complexity index is 878. The molecule has 9 heteroatoms. The average Bonchev–Trinajstić information content (AvgIpc) is 3.34. The van der Waals surface area contributed by atoms with Crippen LogP contribution in [0.4, 0.5) is 18.9 Å². The van der Waals surface area contributed by atoms with Crippen molar-refractivity contribution in [1.82, 2.24) is 4.31 Å². The maximum atomic E-state index is 12.5.